The minimum absolute atomic E-state index is 0.206. The molecule has 0 saturated carbocycles. The second-order valence-electron chi connectivity index (χ2n) is 8.38. The average molecular weight is 445 g/mol. The SMILES string of the molecule is CCCCNC(=O)Nc1ccc(C2NC(=O)N(CCC)C(C)=C2C(=O)OCC(C)C)cc1. The molecule has 8 nitrogen and oxygen atoms in total. The molecule has 0 spiro atoms. The fraction of sp³-hybridized carbons (Fsp3) is 0.542. The Morgan fingerprint density at radius 3 is 2.44 bits per heavy atom. The van der Waals surface area contributed by atoms with Crippen molar-refractivity contribution in [3.05, 3.63) is 41.1 Å². The van der Waals surface area contributed by atoms with Crippen molar-refractivity contribution in [3.8, 4) is 0 Å². The van der Waals surface area contributed by atoms with Gasteiger partial charge in [0.1, 0.15) is 0 Å². The quantitative estimate of drug-likeness (QED) is 0.364. The fourth-order valence-electron chi connectivity index (χ4n) is 3.42. The molecule has 1 unspecified atom stereocenters. The van der Waals surface area contributed by atoms with Crippen LogP contribution in [-0.2, 0) is 9.53 Å². The molecule has 1 aliphatic rings. The van der Waals surface area contributed by atoms with E-state index in [2.05, 4.69) is 22.9 Å². The van der Waals surface area contributed by atoms with Gasteiger partial charge in [-0.05, 0) is 43.4 Å². The lowest BCUT2D eigenvalue weighted by molar-refractivity contribution is -0.140. The molecule has 1 atom stereocenters. The Hall–Kier alpha value is -3.03. The standard InChI is InChI=1S/C24H36N4O4/c1-6-8-13-25-23(30)26-19-11-9-18(10-12-19)21-20(22(29)32-15-16(3)4)17(5)28(14-7-2)24(31)27-21/h9-12,16,21H,6-8,13-15H2,1-5H3,(H,27,31)(H2,25,26,30). The van der Waals surface area contributed by atoms with E-state index in [4.69, 9.17) is 4.74 Å². The lowest BCUT2D eigenvalue weighted by atomic mass is 9.94. The zero-order chi connectivity index (χ0) is 23.7. The highest BCUT2D eigenvalue weighted by molar-refractivity contribution is 5.95. The number of amides is 4. The van der Waals surface area contributed by atoms with Crippen molar-refractivity contribution in [3.63, 3.8) is 0 Å². The number of anilines is 1. The van der Waals surface area contributed by atoms with E-state index in [1.807, 2.05) is 20.8 Å². The number of esters is 1. The van der Waals surface area contributed by atoms with Crippen LogP contribution >= 0.6 is 0 Å². The summed E-state index contributed by atoms with van der Waals surface area (Å²) in [5.74, 6) is -0.225. The van der Waals surface area contributed by atoms with Crippen LogP contribution in [0.4, 0.5) is 15.3 Å². The number of allylic oxidation sites excluding steroid dienone is 1. The average Bonchev–Trinajstić information content (AvgIpc) is 2.75. The zero-order valence-corrected chi connectivity index (χ0v) is 19.8. The second-order valence-corrected chi connectivity index (χ2v) is 8.38. The molecule has 4 amide bonds. The number of ether oxygens (including phenoxy) is 1. The van der Waals surface area contributed by atoms with Gasteiger partial charge in [0.15, 0.2) is 0 Å². The molecule has 1 aliphatic heterocycles. The number of rotatable bonds is 10. The molecule has 0 fully saturated rings. The number of hydrogen-bond donors (Lipinski definition) is 3. The molecule has 1 aromatic rings. The summed E-state index contributed by atoms with van der Waals surface area (Å²) in [6.45, 7) is 11.2. The van der Waals surface area contributed by atoms with Crippen LogP contribution in [0.25, 0.3) is 0 Å². The number of nitrogens with zero attached hydrogens (tertiary/aromatic N) is 1. The van der Waals surface area contributed by atoms with E-state index in [1.54, 1.807) is 36.1 Å². The molecular weight excluding hydrogens is 408 g/mol. The van der Waals surface area contributed by atoms with E-state index in [-0.39, 0.29) is 18.0 Å². The summed E-state index contributed by atoms with van der Waals surface area (Å²) in [5.41, 5.74) is 2.40. The van der Waals surface area contributed by atoms with Crippen LogP contribution in [0.2, 0.25) is 0 Å². The minimum atomic E-state index is -0.623. The van der Waals surface area contributed by atoms with E-state index in [9.17, 15) is 14.4 Å². The molecule has 8 heteroatoms. The second kappa shape index (κ2) is 12.1. The third kappa shape index (κ3) is 6.73. The molecule has 0 radical (unpaired) electrons. The number of urea groups is 2. The van der Waals surface area contributed by atoms with Gasteiger partial charge in [-0.25, -0.2) is 14.4 Å². The highest BCUT2D eigenvalue weighted by Gasteiger charge is 2.36. The van der Waals surface area contributed by atoms with Gasteiger partial charge in [-0.1, -0.05) is 46.2 Å². The van der Waals surface area contributed by atoms with E-state index in [1.165, 1.54) is 0 Å². The number of carbonyl (C=O) groups is 3. The molecule has 0 bridgehead atoms. The van der Waals surface area contributed by atoms with Gasteiger partial charge >= 0.3 is 18.0 Å². The summed E-state index contributed by atoms with van der Waals surface area (Å²) < 4.78 is 5.51. The Morgan fingerprint density at radius 1 is 1.16 bits per heavy atom. The maximum absolute atomic E-state index is 13.0. The molecular formula is C24H36N4O4. The van der Waals surface area contributed by atoms with Gasteiger partial charge in [-0.2, -0.15) is 0 Å². The van der Waals surface area contributed by atoms with E-state index in [0.29, 0.717) is 36.7 Å². The van der Waals surface area contributed by atoms with Crippen LogP contribution < -0.4 is 16.0 Å². The first-order chi connectivity index (χ1) is 15.3. The molecule has 0 aromatic heterocycles. The molecule has 0 saturated heterocycles. The lowest BCUT2D eigenvalue weighted by Gasteiger charge is -2.35. The number of carbonyl (C=O) groups excluding carboxylic acids is 3. The Kier molecular flexibility index (Phi) is 9.56. The summed E-state index contributed by atoms with van der Waals surface area (Å²) in [5, 5.41) is 8.53. The molecule has 1 heterocycles. The Bertz CT molecular complexity index is 833. The highest BCUT2D eigenvalue weighted by Crippen LogP contribution is 2.32. The van der Waals surface area contributed by atoms with Gasteiger partial charge in [-0.15, -0.1) is 0 Å². The van der Waals surface area contributed by atoms with Gasteiger partial charge in [0.05, 0.1) is 18.2 Å². The molecule has 1 aromatic carbocycles. The van der Waals surface area contributed by atoms with Gasteiger partial charge in [0, 0.05) is 24.5 Å². The van der Waals surface area contributed by atoms with Gasteiger partial charge in [0.2, 0.25) is 0 Å². The summed E-state index contributed by atoms with van der Waals surface area (Å²) in [4.78, 5) is 39.2. The van der Waals surface area contributed by atoms with Gasteiger partial charge < -0.3 is 20.7 Å². The van der Waals surface area contributed by atoms with Gasteiger partial charge in [-0.3, -0.25) is 4.90 Å². The molecule has 32 heavy (non-hydrogen) atoms. The van der Waals surface area contributed by atoms with Crippen molar-refractivity contribution in [2.45, 2.75) is 59.9 Å². The summed E-state index contributed by atoms with van der Waals surface area (Å²) in [6.07, 6.45) is 2.70. The van der Waals surface area contributed by atoms with Crippen LogP contribution in [0.5, 0.6) is 0 Å². The Morgan fingerprint density at radius 2 is 1.84 bits per heavy atom. The molecule has 3 N–H and O–H groups in total. The van der Waals surface area contributed by atoms with Crippen LogP contribution in [0.1, 0.15) is 65.5 Å². The highest BCUT2D eigenvalue weighted by atomic mass is 16.5. The smallest absolute Gasteiger partial charge is 0.338 e. The minimum Gasteiger partial charge on any atom is -0.462 e. The third-order valence-electron chi connectivity index (χ3n) is 5.13. The summed E-state index contributed by atoms with van der Waals surface area (Å²) >= 11 is 0. The Labute approximate surface area is 190 Å². The van der Waals surface area contributed by atoms with E-state index < -0.39 is 12.0 Å². The summed E-state index contributed by atoms with van der Waals surface area (Å²) in [7, 11) is 0. The van der Waals surface area contributed by atoms with E-state index >= 15 is 0 Å². The fourth-order valence-corrected chi connectivity index (χ4v) is 3.42. The number of nitrogens with one attached hydrogen (secondary N) is 3. The first-order valence-corrected chi connectivity index (χ1v) is 11.4. The van der Waals surface area contributed by atoms with Crippen LogP contribution in [0.3, 0.4) is 0 Å². The molecule has 2 rings (SSSR count). The largest absolute Gasteiger partial charge is 0.462 e. The van der Waals surface area contributed by atoms with Crippen LogP contribution in [0.15, 0.2) is 35.5 Å². The lowest BCUT2D eigenvalue weighted by Crippen LogP contribution is -2.48. The topological polar surface area (TPSA) is 99.8 Å². The zero-order valence-electron chi connectivity index (χ0n) is 19.8. The first-order valence-electron chi connectivity index (χ1n) is 11.4. The number of hydrogen-bond acceptors (Lipinski definition) is 4. The number of unbranched alkanes of at least 4 members (excludes halogenated alkanes) is 1. The van der Waals surface area contributed by atoms with E-state index in [0.717, 1.165) is 24.8 Å². The van der Waals surface area contributed by atoms with Crippen molar-refractivity contribution in [2.75, 3.05) is 25.0 Å². The van der Waals surface area contributed by atoms with Gasteiger partial charge in [0.25, 0.3) is 0 Å². The monoisotopic (exact) mass is 444 g/mol. The molecule has 176 valence electrons. The van der Waals surface area contributed by atoms with Crippen molar-refractivity contribution < 1.29 is 19.1 Å². The van der Waals surface area contributed by atoms with Crippen molar-refractivity contribution in [1.82, 2.24) is 15.5 Å². The van der Waals surface area contributed by atoms with Crippen LogP contribution in [-0.4, -0.2) is 42.6 Å². The predicted molar refractivity (Wildman–Crippen MR) is 125 cm³/mol. The summed E-state index contributed by atoms with van der Waals surface area (Å²) in [6, 6.07) is 5.98. The first kappa shape index (κ1) is 25.2. The maximum Gasteiger partial charge on any atom is 0.338 e. The Balaban J connectivity index is 2.25. The van der Waals surface area contributed by atoms with Crippen molar-refractivity contribution in [2.24, 2.45) is 5.92 Å². The third-order valence-corrected chi connectivity index (χ3v) is 5.13. The maximum atomic E-state index is 13.0. The predicted octanol–water partition coefficient (Wildman–Crippen LogP) is 4.56. The normalized spacial score (nSPS) is 16.1. The molecule has 0 aliphatic carbocycles. The van der Waals surface area contributed by atoms with Crippen molar-refractivity contribution >= 4 is 23.7 Å². The number of benzene rings is 1. The van der Waals surface area contributed by atoms with Crippen molar-refractivity contribution in [1.29, 1.82) is 0 Å². The van der Waals surface area contributed by atoms with Crippen LogP contribution in [0, 0.1) is 5.92 Å².